The highest BCUT2D eigenvalue weighted by Crippen LogP contribution is 2.32. The molecular weight excluding hydrogens is 196 g/mol. The molecular formula is C11H14O4. The fraction of sp³-hybridized carbons (Fsp3) is 0.364. The van der Waals surface area contributed by atoms with Crippen LogP contribution in [-0.2, 0) is 11.2 Å². The third-order valence-corrected chi connectivity index (χ3v) is 2.18. The minimum absolute atomic E-state index is 0.0321. The zero-order valence-corrected chi connectivity index (χ0v) is 8.69. The first-order chi connectivity index (χ1) is 6.91. The summed E-state index contributed by atoms with van der Waals surface area (Å²) in [7, 11) is 0. The summed E-state index contributed by atoms with van der Waals surface area (Å²) in [5.41, 5.74) is 0.159. The molecule has 82 valence electrons. The Balaban J connectivity index is 3.00. The third kappa shape index (κ3) is 2.62. The summed E-state index contributed by atoms with van der Waals surface area (Å²) in [6, 6.07) is 2.20. The Bertz CT molecular complexity index is 359. The molecule has 1 rings (SSSR count). The molecule has 0 amide bonds. The Hall–Kier alpha value is -1.71. The Morgan fingerprint density at radius 1 is 1.20 bits per heavy atom. The second-order valence-corrected chi connectivity index (χ2v) is 3.76. The van der Waals surface area contributed by atoms with E-state index in [0.29, 0.717) is 0 Å². The van der Waals surface area contributed by atoms with Crippen LogP contribution in [-0.4, -0.2) is 21.1 Å². The standard InChI is InChI=1S/C11H14O4/c1-6(2)9(13)5-8-10(14)3-7(12)4-11(8)15/h3-4,6,12,14-15H,5H2,1-2H3. The van der Waals surface area contributed by atoms with Crippen LogP contribution in [0, 0.1) is 5.92 Å². The van der Waals surface area contributed by atoms with Crippen molar-refractivity contribution < 1.29 is 20.1 Å². The fourth-order valence-corrected chi connectivity index (χ4v) is 1.19. The van der Waals surface area contributed by atoms with Gasteiger partial charge in [0.1, 0.15) is 23.0 Å². The minimum Gasteiger partial charge on any atom is -0.508 e. The lowest BCUT2D eigenvalue weighted by Crippen LogP contribution is -2.10. The van der Waals surface area contributed by atoms with Gasteiger partial charge in [-0.1, -0.05) is 13.8 Å². The molecule has 0 saturated heterocycles. The van der Waals surface area contributed by atoms with Crippen molar-refractivity contribution in [3.8, 4) is 17.2 Å². The van der Waals surface area contributed by atoms with Crippen molar-refractivity contribution in [2.75, 3.05) is 0 Å². The van der Waals surface area contributed by atoms with Crippen LogP contribution >= 0.6 is 0 Å². The van der Waals surface area contributed by atoms with Crippen LogP contribution in [0.3, 0.4) is 0 Å². The van der Waals surface area contributed by atoms with Gasteiger partial charge in [0, 0.05) is 30.0 Å². The minimum atomic E-state index is -0.262. The molecule has 15 heavy (non-hydrogen) atoms. The van der Waals surface area contributed by atoms with E-state index >= 15 is 0 Å². The zero-order valence-electron chi connectivity index (χ0n) is 8.69. The molecule has 0 aliphatic heterocycles. The number of hydrogen-bond acceptors (Lipinski definition) is 4. The average molecular weight is 210 g/mol. The van der Waals surface area contributed by atoms with Crippen molar-refractivity contribution >= 4 is 5.78 Å². The van der Waals surface area contributed by atoms with E-state index in [-0.39, 0.29) is 40.9 Å². The third-order valence-electron chi connectivity index (χ3n) is 2.18. The van der Waals surface area contributed by atoms with E-state index in [1.807, 2.05) is 0 Å². The van der Waals surface area contributed by atoms with Crippen molar-refractivity contribution in [2.24, 2.45) is 5.92 Å². The van der Waals surface area contributed by atoms with Crippen LogP contribution < -0.4 is 0 Å². The molecule has 0 aromatic heterocycles. The van der Waals surface area contributed by atoms with Gasteiger partial charge in [-0.2, -0.15) is 0 Å². The molecule has 0 unspecified atom stereocenters. The number of carbonyl (C=O) groups is 1. The van der Waals surface area contributed by atoms with Crippen LogP contribution in [0.25, 0.3) is 0 Å². The Morgan fingerprint density at radius 2 is 1.67 bits per heavy atom. The van der Waals surface area contributed by atoms with Gasteiger partial charge in [0.05, 0.1) is 0 Å². The first kappa shape index (κ1) is 11.4. The van der Waals surface area contributed by atoms with E-state index in [0.717, 1.165) is 12.1 Å². The highest BCUT2D eigenvalue weighted by molar-refractivity contribution is 5.84. The molecule has 0 radical (unpaired) electrons. The first-order valence-corrected chi connectivity index (χ1v) is 4.68. The largest absolute Gasteiger partial charge is 0.508 e. The summed E-state index contributed by atoms with van der Waals surface area (Å²) in [4.78, 5) is 11.4. The van der Waals surface area contributed by atoms with Crippen LogP contribution in [0.2, 0.25) is 0 Å². The molecule has 0 spiro atoms. The number of aromatic hydroxyl groups is 3. The van der Waals surface area contributed by atoms with Crippen LogP contribution in [0.1, 0.15) is 19.4 Å². The molecule has 0 bridgehead atoms. The SMILES string of the molecule is CC(C)C(=O)Cc1c(O)cc(O)cc1O. The maximum Gasteiger partial charge on any atom is 0.140 e. The number of rotatable bonds is 3. The summed E-state index contributed by atoms with van der Waals surface area (Å²) in [6.45, 7) is 3.49. The molecule has 0 atom stereocenters. The molecule has 1 aromatic rings. The van der Waals surface area contributed by atoms with Gasteiger partial charge in [-0.3, -0.25) is 4.79 Å². The predicted octanol–water partition coefficient (Wildman–Crippen LogP) is 1.57. The van der Waals surface area contributed by atoms with E-state index < -0.39 is 0 Å². The zero-order chi connectivity index (χ0) is 11.6. The van der Waals surface area contributed by atoms with Gasteiger partial charge >= 0.3 is 0 Å². The molecule has 0 saturated carbocycles. The molecule has 1 aromatic carbocycles. The lowest BCUT2D eigenvalue weighted by atomic mass is 9.99. The molecule has 0 heterocycles. The number of phenols is 3. The fourth-order valence-electron chi connectivity index (χ4n) is 1.19. The van der Waals surface area contributed by atoms with Gasteiger partial charge in [-0.25, -0.2) is 0 Å². The number of hydrogen-bond donors (Lipinski definition) is 3. The Labute approximate surface area is 87.8 Å². The maximum atomic E-state index is 11.4. The highest BCUT2D eigenvalue weighted by Gasteiger charge is 2.15. The highest BCUT2D eigenvalue weighted by atomic mass is 16.3. The van der Waals surface area contributed by atoms with Gasteiger partial charge in [0.25, 0.3) is 0 Å². The molecule has 0 fully saturated rings. The maximum absolute atomic E-state index is 11.4. The van der Waals surface area contributed by atoms with E-state index in [1.54, 1.807) is 13.8 Å². The van der Waals surface area contributed by atoms with Crippen molar-refractivity contribution in [1.29, 1.82) is 0 Å². The Kier molecular flexibility index (Phi) is 3.19. The van der Waals surface area contributed by atoms with Gasteiger partial charge < -0.3 is 15.3 Å². The molecule has 0 aliphatic rings. The van der Waals surface area contributed by atoms with Gasteiger partial charge in [0.2, 0.25) is 0 Å². The summed E-state index contributed by atoms with van der Waals surface area (Å²) in [6.07, 6.45) is -0.0321. The number of phenolic OH excluding ortho intramolecular Hbond substituents is 3. The van der Waals surface area contributed by atoms with Gasteiger partial charge in [-0.05, 0) is 0 Å². The van der Waals surface area contributed by atoms with E-state index in [4.69, 9.17) is 5.11 Å². The van der Waals surface area contributed by atoms with Gasteiger partial charge in [0.15, 0.2) is 0 Å². The number of Topliss-reactive ketones (excluding diaryl/α,β-unsaturated/α-hetero) is 1. The lowest BCUT2D eigenvalue weighted by Gasteiger charge is -2.08. The quantitative estimate of drug-likeness (QED) is 0.707. The van der Waals surface area contributed by atoms with Gasteiger partial charge in [-0.15, -0.1) is 0 Å². The van der Waals surface area contributed by atoms with E-state index in [2.05, 4.69) is 0 Å². The first-order valence-electron chi connectivity index (χ1n) is 4.68. The normalized spacial score (nSPS) is 10.6. The van der Waals surface area contributed by atoms with Crippen molar-refractivity contribution in [1.82, 2.24) is 0 Å². The Morgan fingerprint density at radius 3 is 2.07 bits per heavy atom. The van der Waals surface area contributed by atoms with E-state index in [1.165, 1.54) is 0 Å². The monoisotopic (exact) mass is 210 g/mol. The van der Waals surface area contributed by atoms with Crippen molar-refractivity contribution in [3.05, 3.63) is 17.7 Å². The van der Waals surface area contributed by atoms with Crippen LogP contribution in [0.4, 0.5) is 0 Å². The molecule has 3 N–H and O–H groups in total. The number of benzene rings is 1. The smallest absolute Gasteiger partial charge is 0.140 e. The second-order valence-electron chi connectivity index (χ2n) is 3.76. The topological polar surface area (TPSA) is 77.8 Å². The van der Waals surface area contributed by atoms with Crippen molar-refractivity contribution in [3.63, 3.8) is 0 Å². The van der Waals surface area contributed by atoms with E-state index in [9.17, 15) is 15.0 Å². The lowest BCUT2D eigenvalue weighted by molar-refractivity contribution is -0.121. The summed E-state index contributed by atoms with van der Waals surface area (Å²) in [5, 5.41) is 27.9. The second kappa shape index (κ2) is 4.21. The number of carbonyl (C=O) groups excluding carboxylic acids is 1. The summed E-state index contributed by atoms with van der Waals surface area (Å²) < 4.78 is 0. The number of ketones is 1. The molecule has 0 aliphatic carbocycles. The summed E-state index contributed by atoms with van der Waals surface area (Å²) in [5.74, 6) is -0.988. The molecule has 4 nitrogen and oxygen atoms in total. The summed E-state index contributed by atoms with van der Waals surface area (Å²) >= 11 is 0. The van der Waals surface area contributed by atoms with Crippen LogP contribution in [0.15, 0.2) is 12.1 Å². The average Bonchev–Trinajstić information content (AvgIpc) is 2.10. The predicted molar refractivity (Wildman–Crippen MR) is 55.0 cm³/mol. The van der Waals surface area contributed by atoms with Crippen molar-refractivity contribution in [2.45, 2.75) is 20.3 Å². The molecule has 4 heteroatoms. The van der Waals surface area contributed by atoms with Crippen LogP contribution in [0.5, 0.6) is 17.2 Å².